The van der Waals surface area contributed by atoms with E-state index in [2.05, 4.69) is 10.3 Å². The summed E-state index contributed by atoms with van der Waals surface area (Å²) >= 11 is 0. The molecule has 0 aliphatic carbocycles. The zero-order chi connectivity index (χ0) is 17.6. The number of phenolic OH excluding ortho intramolecular Hbond substituents is 1. The fourth-order valence-electron chi connectivity index (χ4n) is 2.63. The number of para-hydroxylation sites is 1. The van der Waals surface area contributed by atoms with E-state index in [9.17, 15) is 15.2 Å². The molecule has 0 saturated heterocycles. The number of fused-ring (bicyclic) bond motifs is 1. The van der Waals surface area contributed by atoms with Crippen molar-refractivity contribution >= 4 is 22.9 Å². The van der Waals surface area contributed by atoms with Crippen molar-refractivity contribution in [1.82, 2.24) is 10.3 Å². The number of nitriles is 1. The first-order chi connectivity index (χ1) is 12.2. The SMILES string of the molecule is N#CC(=Cc1ccc(O)cc1)C(=O)NCCc1c[nH]c2ccccc12. The van der Waals surface area contributed by atoms with Gasteiger partial charge in [-0.05, 0) is 41.8 Å². The van der Waals surface area contributed by atoms with Gasteiger partial charge in [-0.1, -0.05) is 30.3 Å². The molecule has 5 heteroatoms. The van der Waals surface area contributed by atoms with E-state index in [-0.39, 0.29) is 11.3 Å². The zero-order valence-corrected chi connectivity index (χ0v) is 13.5. The summed E-state index contributed by atoms with van der Waals surface area (Å²) in [6.45, 7) is 0.440. The molecule has 25 heavy (non-hydrogen) atoms. The lowest BCUT2D eigenvalue weighted by Gasteiger charge is -2.04. The first-order valence-electron chi connectivity index (χ1n) is 7.91. The fourth-order valence-corrected chi connectivity index (χ4v) is 2.63. The van der Waals surface area contributed by atoms with E-state index in [0.717, 1.165) is 16.5 Å². The molecule has 5 nitrogen and oxygen atoms in total. The number of benzene rings is 2. The molecule has 3 aromatic rings. The average Bonchev–Trinajstić information content (AvgIpc) is 3.04. The van der Waals surface area contributed by atoms with Crippen LogP contribution in [0.5, 0.6) is 5.75 Å². The Morgan fingerprint density at radius 2 is 1.96 bits per heavy atom. The lowest BCUT2D eigenvalue weighted by molar-refractivity contribution is -0.117. The first-order valence-corrected chi connectivity index (χ1v) is 7.91. The molecule has 0 bridgehead atoms. The number of amides is 1. The topological polar surface area (TPSA) is 88.9 Å². The number of nitrogens with one attached hydrogen (secondary N) is 2. The Balaban J connectivity index is 1.63. The van der Waals surface area contributed by atoms with Gasteiger partial charge in [0.1, 0.15) is 17.4 Å². The highest BCUT2D eigenvalue weighted by molar-refractivity contribution is 6.01. The molecule has 1 heterocycles. The minimum Gasteiger partial charge on any atom is -0.508 e. The number of aromatic nitrogens is 1. The van der Waals surface area contributed by atoms with Gasteiger partial charge in [0.25, 0.3) is 5.91 Å². The average molecular weight is 331 g/mol. The van der Waals surface area contributed by atoms with Crippen LogP contribution < -0.4 is 5.32 Å². The Labute approximate surface area is 145 Å². The van der Waals surface area contributed by atoms with E-state index >= 15 is 0 Å². The van der Waals surface area contributed by atoms with Gasteiger partial charge in [-0.15, -0.1) is 0 Å². The Morgan fingerprint density at radius 1 is 1.20 bits per heavy atom. The minimum atomic E-state index is -0.407. The van der Waals surface area contributed by atoms with Crippen molar-refractivity contribution in [3.05, 3.63) is 71.4 Å². The van der Waals surface area contributed by atoms with Crippen LogP contribution in [0.4, 0.5) is 0 Å². The van der Waals surface area contributed by atoms with E-state index in [1.807, 2.05) is 36.5 Å². The molecule has 0 saturated carbocycles. The Kier molecular flexibility index (Phi) is 4.82. The number of carbonyl (C=O) groups excluding carboxylic acids is 1. The number of aromatic amines is 1. The van der Waals surface area contributed by atoms with Crippen molar-refractivity contribution in [3.8, 4) is 11.8 Å². The smallest absolute Gasteiger partial charge is 0.261 e. The summed E-state index contributed by atoms with van der Waals surface area (Å²) in [4.78, 5) is 15.4. The van der Waals surface area contributed by atoms with Crippen LogP contribution in [0.1, 0.15) is 11.1 Å². The second-order valence-electron chi connectivity index (χ2n) is 5.63. The number of carbonyl (C=O) groups is 1. The van der Waals surface area contributed by atoms with Crippen LogP contribution in [0.2, 0.25) is 0 Å². The number of hydrogen-bond acceptors (Lipinski definition) is 3. The quantitative estimate of drug-likeness (QED) is 0.496. The first kappa shape index (κ1) is 16.3. The molecule has 0 radical (unpaired) electrons. The molecule has 3 rings (SSSR count). The molecule has 0 spiro atoms. The number of H-pyrrole nitrogens is 1. The van der Waals surface area contributed by atoms with Gasteiger partial charge in [0, 0.05) is 23.6 Å². The second kappa shape index (κ2) is 7.37. The Hall–Kier alpha value is -3.52. The van der Waals surface area contributed by atoms with E-state index in [0.29, 0.717) is 18.5 Å². The molecular formula is C20H17N3O2. The lowest BCUT2D eigenvalue weighted by atomic mass is 10.1. The standard InChI is InChI=1S/C20H17N3O2/c21-12-16(11-14-5-7-17(24)8-6-14)20(25)22-10-9-15-13-23-19-4-2-1-3-18(15)19/h1-8,11,13,23-24H,9-10H2,(H,22,25). The summed E-state index contributed by atoms with van der Waals surface area (Å²) in [6, 6.07) is 16.2. The van der Waals surface area contributed by atoms with Crippen molar-refractivity contribution in [1.29, 1.82) is 5.26 Å². The molecule has 0 aliphatic rings. The molecule has 1 aromatic heterocycles. The number of nitrogens with zero attached hydrogens (tertiary/aromatic N) is 1. The number of rotatable bonds is 5. The summed E-state index contributed by atoms with van der Waals surface area (Å²) in [5, 5.41) is 22.4. The molecule has 0 unspecified atom stereocenters. The maximum Gasteiger partial charge on any atom is 0.261 e. The molecular weight excluding hydrogens is 314 g/mol. The summed E-state index contributed by atoms with van der Waals surface area (Å²) in [5.41, 5.74) is 2.90. The van der Waals surface area contributed by atoms with Crippen LogP contribution in [0.15, 0.2) is 60.3 Å². The highest BCUT2D eigenvalue weighted by Gasteiger charge is 2.09. The summed E-state index contributed by atoms with van der Waals surface area (Å²) < 4.78 is 0. The largest absolute Gasteiger partial charge is 0.508 e. The third kappa shape index (κ3) is 3.88. The number of aromatic hydroxyl groups is 1. The van der Waals surface area contributed by atoms with E-state index in [1.54, 1.807) is 12.1 Å². The molecule has 0 fully saturated rings. The second-order valence-corrected chi connectivity index (χ2v) is 5.63. The monoisotopic (exact) mass is 331 g/mol. The van der Waals surface area contributed by atoms with Crippen LogP contribution in [0.3, 0.4) is 0 Å². The predicted octanol–water partition coefficient (Wildman–Crippen LogP) is 3.14. The van der Waals surface area contributed by atoms with Crippen LogP contribution in [0.25, 0.3) is 17.0 Å². The maximum atomic E-state index is 12.2. The Bertz CT molecular complexity index is 963. The van der Waals surface area contributed by atoms with E-state index in [4.69, 9.17) is 0 Å². The van der Waals surface area contributed by atoms with Gasteiger partial charge < -0.3 is 15.4 Å². The van der Waals surface area contributed by atoms with Crippen LogP contribution in [-0.2, 0) is 11.2 Å². The zero-order valence-electron chi connectivity index (χ0n) is 13.5. The van der Waals surface area contributed by atoms with Gasteiger partial charge in [-0.25, -0.2) is 0 Å². The van der Waals surface area contributed by atoms with Gasteiger partial charge in [0.05, 0.1) is 0 Å². The van der Waals surface area contributed by atoms with Gasteiger partial charge in [-0.3, -0.25) is 4.79 Å². The summed E-state index contributed by atoms with van der Waals surface area (Å²) in [6.07, 6.45) is 4.11. The van der Waals surface area contributed by atoms with Crippen LogP contribution in [0, 0.1) is 11.3 Å². The van der Waals surface area contributed by atoms with Crippen molar-refractivity contribution in [2.75, 3.05) is 6.54 Å². The predicted molar refractivity (Wildman–Crippen MR) is 96.7 cm³/mol. The minimum absolute atomic E-state index is 0.0321. The van der Waals surface area contributed by atoms with Crippen molar-refractivity contribution in [3.63, 3.8) is 0 Å². The van der Waals surface area contributed by atoms with Gasteiger partial charge in [0.15, 0.2) is 0 Å². The van der Waals surface area contributed by atoms with Gasteiger partial charge in [-0.2, -0.15) is 5.26 Å². The number of hydrogen-bond donors (Lipinski definition) is 3. The van der Waals surface area contributed by atoms with Crippen molar-refractivity contribution < 1.29 is 9.90 Å². The normalized spacial score (nSPS) is 11.2. The maximum absolute atomic E-state index is 12.2. The van der Waals surface area contributed by atoms with E-state index < -0.39 is 5.91 Å². The molecule has 2 aromatic carbocycles. The van der Waals surface area contributed by atoms with Crippen molar-refractivity contribution in [2.45, 2.75) is 6.42 Å². The Morgan fingerprint density at radius 3 is 2.72 bits per heavy atom. The summed E-state index contributed by atoms with van der Waals surface area (Å²) in [5.74, 6) is -0.269. The molecule has 0 aliphatic heterocycles. The number of phenols is 1. The third-order valence-electron chi connectivity index (χ3n) is 3.92. The highest BCUT2D eigenvalue weighted by Crippen LogP contribution is 2.18. The molecule has 0 atom stereocenters. The summed E-state index contributed by atoms with van der Waals surface area (Å²) in [7, 11) is 0. The molecule has 124 valence electrons. The molecule has 3 N–H and O–H groups in total. The van der Waals surface area contributed by atoms with Crippen LogP contribution in [-0.4, -0.2) is 22.5 Å². The van der Waals surface area contributed by atoms with Crippen LogP contribution >= 0.6 is 0 Å². The fraction of sp³-hybridized carbons (Fsp3) is 0.100. The van der Waals surface area contributed by atoms with E-state index in [1.165, 1.54) is 18.2 Å². The van der Waals surface area contributed by atoms with Gasteiger partial charge >= 0.3 is 0 Å². The lowest BCUT2D eigenvalue weighted by Crippen LogP contribution is -2.26. The third-order valence-corrected chi connectivity index (χ3v) is 3.92. The molecule has 1 amide bonds. The highest BCUT2D eigenvalue weighted by atomic mass is 16.3. The van der Waals surface area contributed by atoms with Crippen molar-refractivity contribution in [2.24, 2.45) is 0 Å². The van der Waals surface area contributed by atoms with Gasteiger partial charge in [0.2, 0.25) is 0 Å².